The van der Waals surface area contributed by atoms with Crippen molar-refractivity contribution in [2.24, 2.45) is 0 Å². The highest BCUT2D eigenvalue weighted by molar-refractivity contribution is 5.34. The lowest BCUT2D eigenvalue weighted by molar-refractivity contribution is 0.405. The molecule has 0 radical (unpaired) electrons. The molecule has 1 heterocycles. The Kier molecular flexibility index (Phi) is 5.78. The van der Waals surface area contributed by atoms with Gasteiger partial charge in [-0.05, 0) is 33.5 Å². The minimum atomic E-state index is 0.942. The maximum atomic E-state index is 4.23. The van der Waals surface area contributed by atoms with Crippen molar-refractivity contribution < 1.29 is 0 Å². The summed E-state index contributed by atoms with van der Waals surface area (Å²) in [5.41, 5.74) is 1.12. The standard InChI is InChI=1S/C12H22N4/c1-4-6-11-9-12(15-10-14-11)13-7-5-8-16(2)3/h9-10H,4-8H2,1-3H3,(H,13,14,15). The largest absolute Gasteiger partial charge is 0.370 e. The van der Waals surface area contributed by atoms with E-state index in [9.17, 15) is 0 Å². The molecule has 1 rings (SSSR count). The maximum Gasteiger partial charge on any atom is 0.129 e. The van der Waals surface area contributed by atoms with Crippen LogP contribution in [0.3, 0.4) is 0 Å². The number of nitrogens with one attached hydrogen (secondary N) is 1. The van der Waals surface area contributed by atoms with E-state index < -0.39 is 0 Å². The molecule has 0 aromatic carbocycles. The second kappa shape index (κ2) is 7.17. The number of hydrogen-bond donors (Lipinski definition) is 1. The molecule has 0 aliphatic heterocycles. The van der Waals surface area contributed by atoms with E-state index in [0.717, 1.165) is 43.9 Å². The van der Waals surface area contributed by atoms with Gasteiger partial charge in [0.05, 0.1) is 0 Å². The van der Waals surface area contributed by atoms with Crippen molar-refractivity contribution in [2.45, 2.75) is 26.2 Å². The van der Waals surface area contributed by atoms with Gasteiger partial charge in [0.2, 0.25) is 0 Å². The molecule has 1 aromatic rings. The molecule has 1 aromatic heterocycles. The first-order valence-corrected chi connectivity index (χ1v) is 5.92. The molecule has 0 saturated carbocycles. The van der Waals surface area contributed by atoms with Gasteiger partial charge in [-0.3, -0.25) is 0 Å². The van der Waals surface area contributed by atoms with E-state index in [1.165, 1.54) is 0 Å². The van der Waals surface area contributed by atoms with Crippen LogP contribution in [-0.4, -0.2) is 42.1 Å². The zero-order valence-electron chi connectivity index (χ0n) is 10.5. The van der Waals surface area contributed by atoms with Gasteiger partial charge in [-0.15, -0.1) is 0 Å². The predicted octanol–water partition coefficient (Wildman–Crippen LogP) is 1.79. The van der Waals surface area contributed by atoms with Crippen molar-refractivity contribution in [3.05, 3.63) is 18.1 Å². The van der Waals surface area contributed by atoms with Crippen LogP contribution in [0.15, 0.2) is 12.4 Å². The molecule has 0 spiro atoms. The summed E-state index contributed by atoms with van der Waals surface area (Å²) in [4.78, 5) is 10.6. The van der Waals surface area contributed by atoms with Gasteiger partial charge < -0.3 is 10.2 Å². The molecule has 0 aliphatic carbocycles. The topological polar surface area (TPSA) is 41.0 Å². The van der Waals surface area contributed by atoms with Crippen LogP contribution in [0.25, 0.3) is 0 Å². The number of aromatic nitrogens is 2. The molecule has 0 saturated heterocycles. The van der Waals surface area contributed by atoms with E-state index in [0.29, 0.717) is 0 Å². The predicted molar refractivity (Wildman–Crippen MR) is 67.7 cm³/mol. The summed E-state index contributed by atoms with van der Waals surface area (Å²) < 4.78 is 0. The molecular weight excluding hydrogens is 200 g/mol. The lowest BCUT2D eigenvalue weighted by atomic mass is 10.2. The molecule has 0 amide bonds. The van der Waals surface area contributed by atoms with Crippen LogP contribution in [0, 0.1) is 0 Å². The lowest BCUT2D eigenvalue weighted by Gasteiger charge is -2.10. The zero-order chi connectivity index (χ0) is 11.8. The Labute approximate surface area is 98.1 Å². The lowest BCUT2D eigenvalue weighted by Crippen LogP contribution is -2.16. The number of hydrogen-bond acceptors (Lipinski definition) is 4. The van der Waals surface area contributed by atoms with Gasteiger partial charge in [-0.25, -0.2) is 9.97 Å². The third-order valence-corrected chi connectivity index (χ3v) is 2.32. The van der Waals surface area contributed by atoms with E-state index in [1.54, 1.807) is 6.33 Å². The molecule has 16 heavy (non-hydrogen) atoms. The number of anilines is 1. The van der Waals surface area contributed by atoms with E-state index in [1.807, 2.05) is 6.07 Å². The van der Waals surface area contributed by atoms with Gasteiger partial charge in [0.1, 0.15) is 12.1 Å². The van der Waals surface area contributed by atoms with Gasteiger partial charge in [0.25, 0.3) is 0 Å². The fraction of sp³-hybridized carbons (Fsp3) is 0.667. The molecule has 4 nitrogen and oxygen atoms in total. The minimum absolute atomic E-state index is 0.942. The third-order valence-electron chi connectivity index (χ3n) is 2.32. The Morgan fingerprint density at radius 2 is 2.12 bits per heavy atom. The van der Waals surface area contributed by atoms with Crippen LogP contribution in [0.4, 0.5) is 5.82 Å². The van der Waals surface area contributed by atoms with Crippen molar-refractivity contribution in [1.29, 1.82) is 0 Å². The highest BCUT2D eigenvalue weighted by Crippen LogP contribution is 2.05. The van der Waals surface area contributed by atoms with Crippen molar-refractivity contribution >= 4 is 5.82 Å². The summed E-state index contributed by atoms with van der Waals surface area (Å²) in [6.07, 6.45) is 4.91. The fourth-order valence-electron chi connectivity index (χ4n) is 1.50. The third kappa shape index (κ3) is 5.07. The van der Waals surface area contributed by atoms with Gasteiger partial charge >= 0.3 is 0 Å². The molecule has 1 N–H and O–H groups in total. The summed E-state index contributed by atoms with van der Waals surface area (Å²) in [5.74, 6) is 0.942. The zero-order valence-corrected chi connectivity index (χ0v) is 10.5. The van der Waals surface area contributed by atoms with Crippen molar-refractivity contribution in [1.82, 2.24) is 14.9 Å². The average molecular weight is 222 g/mol. The van der Waals surface area contributed by atoms with E-state index in [4.69, 9.17) is 0 Å². The molecule has 90 valence electrons. The monoisotopic (exact) mass is 222 g/mol. The average Bonchev–Trinajstić information content (AvgIpc) is 2.25. The molecule has 0 atom stereocenters. The van der Waals surface area contributed by atoms with Gasteiger partial charge in [0.15, 0.2) is 0 Å². The number of aryl methyl sites for hydroxylation is 1. The molecule has 0 unspecified atom stereocenters. The van der Waals surface area contributed by atoms with Crippen molar-refractivity contribution in [3.63, 3.8) is 0 Å². The summed E-state index contributed by atoms with van der Waals surface area (Å²) in [5, 5.41) is 3.32. The normalized spacial score (nSPS) is 10.8. The first-order chi connectivity index (χ1) is 7.72. The van der Waals surface area contributed by atoms with E-state index in [2.05, 4.69) is 41.2 Å². The fourth-order valence-corrected chi connectivity index (χ4v) is 1.50. The maximum absolute atomic E-state index is 4.23. The number of nitrogens with zero attached hydrogens (tertiary/aromatic N) is 3. The van der Waals surface area contributed by atoms with Crippen LogP contribution in [0.1, 0.15) is 25.5 Å². The Morgan fingerprint density at radius 1 is 1.31 bits per heavy atom. The second-order valence-corrected chi connectivity index (χ2v) is 4.23. The van der Waals surface area contributed by atoms with Crippen LogP contribution < -0.4 is 5.32 Å². The Bertz CT molecular complexity index is 299. The van der Waals surface area contributed by atoms with E-state index in [-0.39, 0.29) is 0 Å². The van der Waals surface area contributed by atoms with Crippen molar-refractivity contribution in [3.8, 4) is 0 Å². The summed E-state index contributed by atoms with van der Waals surface area (Å²) in [7, 11) is 4.17. The summed E-state index contributed by atoms with van der Waals surface area (Å²) in [6.45, 7) is 4.22. The van der Waals surface area contributed by atoms with Gasteiger partial charge in [-0.2, -0.15) is 0 Å². The quantitative estimate of drug-likeness (QED) is 0.714. The first-order valence-electron chi connectivity index (χ1n) is 5.92. The highest BCUT2D eigenvalue weighted by atomic mass is 15.1. The molecule has 4 heteroatoms. The molecular formula is C12H22N4. The molecule has 0 aliphatic rings. The Balaban J connectivity index is 2.33. The second-order valence-electron chi connectivity index (χ2n) is 4.23. The van der Waals surface area contributed by atoms with Gasteiger partial charge in [0, 0.05) is 18.3 Å². The van der Waals surface area contributed by atoms with Gasteiger partial charge in [-0.1, -0.05) is 13.3 Å². The minimum Gasteiger partial charge on any atom is -0.370 e. The smallest absolute Gasteiger partial charge is 0.129 e. The first kappa shape index (κ1) is 12.9. The van der Waals surface area contributed by atoms with Crippen LogP contribution in [-0.2, 0) is 6.42 Å². The van der Waals surface area contributed by atoms with Crippen LogP contribution in [0.2, 0.25) is 0 Å². The van der Waals surface area contributed by atoms with Crippen molar-refractivity contribution in [2.75, 3.05) is 32.5 Å². The van der Waals surface area contributed by atoms with Crippen LogP contribution >= 0.6 is 0 Å². The SMILES string of the molecule is CCCc1cc(NCCCN(C)C)ncn1. The summed E-state index contributed by atoms with van der Waals surface area (Å²) in [6, 6.07) is 2.04. The Hall–Kier alpha value is -1.16. The Morgan fingerprint density at radius 3 is 2.81 bits per heavy atom. The van der Waals surface area contributed by atoms with Crippen LogP contribution in [0.5, 0.6) is 0 Å². The number of rotatable bonds is 7. The summed E-state index contributed by atoms with van der Waals surface area (Å²) >= 11 is 0. The molecule has 0 fully saturated rings. The molecule has 0 bridgehead atoms. The highest BCUT2D eigenvalue weighted by Gasteiger charge is 1.97. The van der Waals surface area contributed by atoms with E-state index >= 15 is 0 Å².